The number of aromatic amines is 1. The Bertz CT molecular complexity index is 919. The summed E-state index contributed by atoms with van der Waals surface area (Å²) < 4.78 is 17.8. The average Bonchev–Trinajstić information content (AvgIpc) is 3.08. The van der Waals surface area contributed by atoms with Crippen LogP contribution in [-0.4, -0.2) is 76.5 Å². The SMILES string of the molecule is CCCCOc1nc(N)c2[nH]c(=O)n(CCCOC3CCN(CC(=O)OC)CC3)c2n1. The first-order valence-electron chi connectivity index (χ1n) is 10.8. The largest absolute Gasteiger partial charge is 0.468 e. The van der Waals surface area contributed by atoms with Gasteiger partial charge in [-0.2, -0.15) is 9.97 Å². The van der Waals surface area contributed by atoms with E-state index in [-0.39, 0.29) is 29.6 Å². The van der Waals surface area contributed by atoms with Crippen molar-refractivity contribution in [3.63, 3.8) is 0 Å². The Morgan fingerprint density at radius 1 is 1.23 bits per heavy atom. The molecule has 1 fully saturated rings. The number of nitrogens with one attached hydrogen (secondary N) is 1. The zero-order valence-corrected chi connectivity index (χ0v) is 18.3. The van der Waals surface area contributed by atoms with Gasteiger partial charge in [0.1, 0.15) is 5.52 Å². The molecule has 0 saturated carbocycles. The molecule has 0 atom stereocenters. The third-order valence-corrected chi connectivity index (χ3v) is 5.35. The third-order valence-electron chi connectivity index (χ3n) is 5.35. The number of aromatic nitrogens is 4. The van der Waals surface area contributed by atoms with Crippen molar-refractivity contribution >= 4 is 23.0 Å². The van der Waals surface area contributed by atoms with E-state index in [1.54, 1.807) is 4.57 Å². The minimum Gasteiger partial charge on any atom is -0.468 e. The molecule has 172 valence electrons. The highest BCUT2D eigenvalue weighted by Gasteiger charge is 2.21. The number of hydrogen-bond acceptors (Lipinski definition) is 9. The van der Waals surface area contributed by atoms with Crippen LogP contribution in [0.2, 0.25) is 0 Å². The number of nitrogens with two attached hydrogens (primary N) is 1. The lowest BCUT2D eigenvalue weighted by atomic mass is 10.1. The molecule has 0 amide bonds. The number of likely N-dealkylation sites (tertiary alicyclic amines) is 1. The van der Waals surface area contributed by atoms with E-state index in [1.165, 1.54) is 7.11 Å². The van der Waals surface area contributed by atoms with Crippen LogP contribution < -0.4 is 16.2 Å². The first-order valence-corrected chi connectivity index (χ1v) is 10.8. The van der Waals surface area contributed by atoms with Gasteiger partial charge in [-0.1, -0.05) is 13.3 Å². The molecular weight excluding hydrogens is 404 g/mol. The Balaban J connectivity index is 1.50. The number of piperidine rings is 1. The zero-order chi connectivity index (χ0) is 22.2. The predicted molar refractivity (Wildman–Crippen MR) is 115 cm³/mol. The maximum Gasteiger partial charge on any atom is 0.327 e. The Kier molecular flexibility index (Phi) is 8.24. The normalized spacial score (nSPS) is 15.4. The number of ether oxygens (including phenoxy) is 3. The summed E-state index contributed by atoms with van der Waals surface area (Å²) in [5, 5.41) is 0. The minimum absolute atomic E-state index is 0.158. The number of aryl methyl sites for hydroxylation is 1. The van der Waals surface area contributed by atoms with Crippen LogP contribution in [0.25, 0.3) is 11.2 Å². The number of methoxy groups -OCH3 is 1. The number of imidazole rings is 1. The standard InChI is InChI=1S/C20H32N6O5/c1-3-4-11-31-19-23-17(21)16-18(24-19)26(20(28)22-16)8-5-12-30-14-6-9-25(10-7-14)13-15(27)29-2/h14H,3-13H2,1-2H3,(H,22,28)(H2,21,23,24). The molecular formula is C20H32N6O5. The van der Waals surface area contributed by atoms with Crippen LogP contribution >= 0.6 is 0 Å². The Morgan fingerprint density at radius 2 is 2.00 bits per heavy atom. The Labute approximate surface area is 180 Å². The van der Waals surface area contributed by atoms with Crippen molar-refractivity contribution in [2.45, 2.75) is 51.7 Å². The van der Waals surface area contributed by atoms with Gasteiger partial charge in [-0.25, -0.2) is 4.79 Å². The van der Waals surface area contributed by atoms with Crippen molar-refractivity contribution in [1.82, 2.24) is 24.4 Å². The van der Waals surface area contributed by atoms with Crippen LogP contribution in [0.15, 0.2) is 4.79 Å². The first-order chi connectivity index (χ1) is 15.0. The fourth-order valence-corrected chi connectivity index (χ4v) is 3.56. The molecule has 0 spiro atoms. The summed E-state index contributed by atoms with van der Waals surface area (Å²) >= 11 is 0. The van der Waals surface area contributed by atoms with E-state index in [9.17, 15) is 9.59 Å². The molecule has 3 heterocycles. The molecule has 0 bridgehead atoms. The van der Waals surface area contributed by atoms with Gasteiger partial charge < -0.3 is 24.9 Å². The fourth-order valence-electron chi connectivity index (χ4n) is 3.56. The highest BCUT2D eigenvalue weighted by Crippen LogP contribution is 2.18. The molecule has 11 heteroatoms. The molecule has 11 nitrogen and oxygen atoms in total. The van der Waals surface area contributed by atoms with Crippen LogP contribution in [0, 0.1) is 0 Å². The van der Waals surface area contributed by atoms with E-state index >= 15 is 0 Å². The van der Waals surface area contributed by atoms with Gasteiger partial charge in [-0.05, 0) is 25.7 Å². The molecule has 3 N–H and O–H groups in total. The number of esters is 1. The number of carbonyl (C=O) groups excluding carboxylic acids is 1. The number of anilines is 1. The lowest BCUT2D eigenvalue weighted by molar-refractivity contribution is -0.142. The summed E-state index contributed by atoms with van der Waals surface area (Å²) in [5.41, 5.74) is 6.56. The van der Waals surface area contributed by atoms with Gasteiger partial charge >= 0.3 is 17.7 Å². The van der Waals surface area contributed by atoms with Crippen molar-refractivity contribution in [1.29, 1.82) is 0 Å². The molecule has 0 aromatic carbocycles. The van der Waals surface area contributed by atoms with Gasteiger partial charge in [0.25, 0.3) is 0 Å². The predicted octanol–water partition coefficient (Wildman–Crippen LogP) is 0.925. The summed E-state index contributed by atoms with van der Waals surface area (Å²) in [6.07, 6.45) is 4.44. The average molecular weight is 437 g/mol. The highest BCUT2D eigenvalue weighted by atomic mass is 16.5. The van der Waals surface area contributed by atoms with Gasteiger partial charge in [-0.3, -0.25) is 14.3 Å². The van der Waals surface area contributed by atoms with Gasteiger partial charge in [0, 0.05) is 26.2 Å². The van der Waals surface area contributed by atoms with Crippen molar-refractivity contribution in [2.75, 3.05) is 45.7 Å². The quantitative estimate of drug-likeness (QED) is 0.389. The molecule has 3 rings (SSSR count). The van der Waals surface area contributed by atoms with Crippen molar-refractivity contribution < 1.29 is 19.0 Å². The third kappa shape index (κ3) is 6.17. The number of fused-ring (bicyclic) bond motifs is 1. The van der Waals surface area contributed by atoms with Gasteiger partial charge in [0.2, 0.25) is 0 Å². The monoisotopic (exact) mass is 436 g/mol. The Hall–Kier alpha value is -2.66. The number of H-pyrrole nitrogens is 1. The van der Waals surface area contributed by atoms with Gasteiger partial charge in [-0.15, -0.1) is 0 Å². The molecule has 2 aromatic rings. The zero-order valence-electron chi connectivity index (χ0n) is 18.3. The molecule has 1 saturated heterocycles. The number of unbranched alkanes of at least 4 members (excludes halogenated alkanes) is 1. The molecule has 0 radical (unpaired) electrons. The van der Waals surface area contributed by atoms with Gasteiger partial charge in [0.15, 0.2) is 11.5 Å². The summed E-state index contributed by atoms with van der Waals surface area (Å²) in [5.74, 6) is -0.0192. The smallest absolute Gasteiger partial charge is 0.327 e. The van der Waals surface area contributed by atoms with Crippen LogP contribution in [0.3, 0.4) is 0 Å². The number of rotatable bonds is 11. The number of carbonyl (C=O) groups is 1. The first kappa shape index (κ1) is 23.0. The molecule has 31 heavy (non-hydrogen) atoms. The van der Waals surface area contributed by atoms with Gasteiger partial charge in [0.05, 0.1) is 26.4 Å². The molecule has 1 aliphatic rings. The van der Waals surface area contributed by atoms with Crippen LogP contribution in [0.5, 0.6) is 6.01 Å². The lowest BCUT2D eigenvalue weighted by Gasteiger charge is -2.31. The summed E-state index contributed by atoms with van der Waals surface area (Å²) in [4.78, 5) is 37.0. The lowest BCUT2D eigenvalue weighted by Crippen LogP contribution is -2.40. The van der Waals surface area contributed by atoms with E-state index in [0.717, 1.165) is 38.8 Å². The second-order valence-electron chi connectivity index (χ2n) is 7.65. The van der Waals surface area contributed by atoms with Crippen molar-refractivity contribution in [3.8, 4) is 6.01 Å². The maximum atomic E-state index is 12.4. The molecule has 2 aromatic heterocycles. The van der Waals surface area contributed by atoms with E-state index in [1.807, 2.05) is 0 Å². The molecule has 1 aliphatic heterocycles. The van der Waals surface area contributed by atoms with E-state index in [2.05, 4.69) is 26.8 Å². The maximum absolute atomic E-state index is 12.4. The van der Waals surface area contributed by atoms with E-state index in [0.29, 0.717) is 43.9 Å². The second kappa shape index (κ2) is 11.1. The van der Waals surface area contributed by atoms with Crippen LogP contribution in [-0.2, 0) is 20.8 Å². The summed E-state index contributed by atoms with van der Waals surface area (Å²) in [6, 6.07) is 0.182. The van der Waals surface area contributed by atoms with E-state index in [4.69, 9.17) is 19.9 Å². The minimum atomic E-state index is -0.280. The molecule has 0 unspecified atom stereocenters. The number of nitrogen functional groups attached to an aromatic ring is 1. The number of nitrogens with zero attached hydrogens (tertiary/aromatic N) is 4. The Morgan fingerprint density at radius 3 is 2.71 bits per heavy atom. The van der Waals surface area contributed by atoms with Crippen molar-refractivity contribution in [2.24, 2.45) is 0 Å². The van der Waals surface area contributed by atoms with Crippen LogP contribution in [0.4, 0.5) is 5.82 Å². The van der Waals surface area contributed by atoms with E-state index < -0.39 is 0 Å². The summed E-state index contributed by atoms with van der Waals surface area (Å²) in [6.45, 7) is 5.48. The fraction of sp³-hybridized carbons (Fsp3) is 0.700. The van der Waals surface area contributed by atoms with Crippen LogP contribution in [0.1, 0.15) is 39.0 Å². The second-order valence-corrected chi connectivity index (χ2v) is 7.65. The van der Waals surface area contributed by atoms with Crippen molar-refractivity contribution in [3.05, 3.63) is 10.5 Å². The summed E-state index contributed by atoms with van der Waals surface area (Å²) in [7, 11) is 1.40. The number of hydrogen-bond donors (Lipinski definition) is 2. The molecule has 0 aliphatic carbocycles. The highest BCUT2D eigenvalue weighted by molar-refractivity contribution is 5.81. The topological polar surface area (TPSA) is 138 Å².